The van der Waals surface area contributed by atoms with Gasteiger partial charge in [-0.25, -0.2) is 4.79 Å². The predicted molar refractivity (Wildman–Crippen MR) is 120 cm³/mol. The fourth-order valence-electron chi connectivity index (χ4n) is 4.27. The zero-order valence-electron chi connectivity index (χ0n) is 17.3. The number of β-amino-alcohol motifs (C(OH)–C–C–N with tert-alkyl or cyclic N) is 1. The number of benzene rings is 2. The van der Waals surface area contributed by atoms with E-state index in [2.05, 4.69) is 44.9 Å². The van der Waals surface area contributed by atoms with E-state index in [-0.39, 0.29) is 0 Å². The van der Waals surface area contributed by atoms with Gasteiger partial charge in [0, 0.05) is 36.2 Å². The van der Waals surface area contributed by atoms with E-state index in [0.29, 0.717) is 29.9 Å². The van der Waals surface area contributed by atoms with Gasteiger partial charge >= 0.3 is 5.76 Å². The molecule has 2 aliphatic rings. The molecule has 0 bridgehead atoms. The molecule has 5 rings (SSSR count). The minimum atomic E-state index is -0.785. The van der Waals surface area contributed by atoms with Gasteiger partial charge in [0.1, 0.15) is 12.0 Å². The highest BCUT2D eigenvalue weighted by molar-refractivity contribution is 5.76. The van der Waals surface area contributed by atoms with Gasteiger partial charge in [0.05, 0.1) is 25.2 Å². The van der Waals surface area contributed by atoms with E-state index in [1.165, 1.54) is 11.3 Å². The molecule has 31 heavy (non-hydrogen) atoms. The summed E-state index contributed by atoms with van der Waals surface area (Å²) in [5.41, 5.74) is 5.19. The Labute approximate surface area is 179 Å². The monoisotopic (exact) mass is 422 g/mol. The molecule has 1 unspecified atom stereocenters. The molecule has 1 fully saturated rings. The standard InChI is InChI=1S/C23H26N4O4/c1-15-13-27(18-5-7-20-16(11-18)3-2-10-30-20)9-8-26(15)14-22(28)24-17-4-6-19-21(12-17)31-23(29)25-19/h4-7,11-12,22,24,28H,1-3,8-10,13-14H2,(H,25,29). The lowest BCUT2D eigenvalue weighted by molar-refractivity contribution is 0.148. The molecule has 0 aliphatic carbocycles. The molecule has 0 spiro atoms. The third kappa shape index (κ3) is 4.11. The van der Waals surface area contributed by atoms with Crippen molar-refractivity contribution in [3.63, 3.8) is 0 Å². The quantitative estimate of drug-likeness (QED) is 0.544. The normalized spacial score (nSPS) is 17.4. The number of ether oxygens (including phenoxy) is 1. The van der Waals surface area contributed by atoms with Crippen LogP contribution in [0.15, 0.2) is 57.9 Å². The van der Waals surface area contributed by atoms with Crippen LogP contribution in [0.25, 0.3) is 11.1 Å². The Morgan fingerprint density at radius 2 is 2.13 bits per heavy atom. The lowest BCUT2D eigenvalue weighted by Crippen LogP contribution is -2.48. The van der Waals surface area contributed by atoms with Crippen LogP contribution in [0.5, 0.6) is 5.75 Å². The Morgan fingerprint density at radius 3 is 3.00 bits per heavy atom. The lowest BCUT2D eigenvalue weighted by Gasteiger charge is -2.40. The summed E-state index contributed by atoms with van der Waals surface area (Å²) >= 11 is 0. The van der Waals surface area contributed by atoms with Gasteiger partial charge in [0.15, 0.2) is 5.58 Å². The Hall–Kier alpha value is -3.39. The van der Waals surface area contributed by atoms with Gasteiger partial charge in [0.2, 0.25) is 0 Å². The van der Waals surface area contributed by atoms with Crippen LogP contribution in [-0.4, -0.2) is 54.0 Å². The van der Waals surface area contributed by atoms with E-state index in [1.807, 2.05) is 0 Å². The number of aromatic amines is 1. The van der Waals surface area contributed by atoms with Gasteiger partial charge in [0.25, 0.3) is 0 Å². The zero-order chi connectivity index (χ0) is 21.4. The van der Waals surface area contributed by atoms with Crippen molar-refractivity contribution in [2.24, 2.45) is 0 Å². The number of anilines is 2. The Kier molecular flexibility index (Phi) is 5.07. The maximum absolute atomic E-state index is 11.3. The number of aryl methyl sites for hydroxylation is 1. The maximum atomic E-state index is 11.3. The number of hydrogen-bond acceptors (Lipinski definition) is 7. The molecule has 0 radical (unpaired) electrons. The van der Waals surface area contributed by atoms with Crippen LogP contribution in [-0.2, 0) is 6.42 Å². The lowest BCUT2D eigenvalue weighted by atomic mass is 10.0. The summed E-state index contributed by atoms with van der Waals surface area (Å²) < 4.78 is 10.8. The molecule has 3 N–H and O–H groups in total. The molecule has 0 amide bonds. The summed E-state index contributed by atoms with van der Waals surface area (Å²) in [7, 11) is 0. The smallest absolute Gasteiger partial charge is 0.417 e. The SMILES string of the molecule is C=C1CN(c2ccc3c(c2)CCCO3)CCN1CC(O)Nc1ccc2[nH]c(=O)oc2c1. The Morgan fingerprint density at radius 1 is 1.23 bits per heavy atom. The van der Waals surface area contributed by atoms with Crippen LogP contribution in [0, 0.1) is 0 Å². The van der Waals surface area contributed by atoms with Crippen molar-refractivity contribution in [3.05, 3.63) is 64.8 Å². The number of aliphatic hydroxyl groups excluding tert-OH is 1. The number of aromatic nitrogens is 1. The van der Waals surface area contributed by atoms with Crippen LogP contribution in [0.2, 0.25) is 0 Å². The van der Waals surface area contributed by atoms with E-state index in [1.54, 1.807) is 18.2 Å². The number of rotatable bonds is 5. The first kappa shape index (κ1) is 19.6. The molecule has 3 aromatic rings. The van der Waals surface area contributed by atoms with Gasteiger partial charge in [-0.3, -0.25) is 4.98 Å². The highest BCUT2D eigenvalue weighted by atomic mass is 16.5. The van der Waals surface area contributed by atoms with Gasteiger partial charge in [-0.15, -0.1) is 0 Å². The van der Waals surface area contributed by atoms with Gasteiger partial charge in [-0.1, -0.05) is 6.58 Å². The van der Waals surface area contributed by atoms with Crippen molar-refractivity contribution in [2.75, 3.05) is 43.0 Å². The molecule has 162 valence electrons. The molecule has 1 saturated heterocycles. The van der Waals surface area contributed by atoms with Crippen LogP contribution < -0.4 is 20.7 Å². The third-order valence-electron chi connectivity index (χ3n) is 5.87. The van der Waals surface area contributed by atoms with Crippen molar-refractivity contribution in [2.45, 2.75) is 19.1 Å². The summed E-state index contributed by atoms with van der Waals surface area (Å²) in [5, 5.41) is 13.6. The van der Waals surface area contributed by atoms with Gasteiger partial charge in [-0.05, 0) is 48.7 Å². The summed E-state index contributed by atoms with van der Waals surface area (Å²) in [5.74, 6) is 0.507. The molecular weight excluding hydrogens is 396 g/mol. The van der Waals surface area contributed by atoms with Gasteiger partial charge in [-0.2, -0.15) is 0 Å². The summed E-state index contributed by atoms with van der Waals surface area (Å²) in [6.07, 6.45) is 1.33. The van der Waals surface area contributed by atoms with E-state index in [9.17, 15) is 9.90 Å². The number of nitrogens with one attached hydrogen (secondary N) is 2. The first-order valence-corrected chi connectivity index (χ1v) is 10.6. The Balaban J connectivity index is 1.19. The number of piperazine rings is 1. The van der Waals surface area contributed by atoms with E-state index in [4.69, 9.17) is 9.15 Å². The summed E-state index contributed by atoms with van der Waals surface area (Å²) in [6, 6.07) is 11.6. The van der Waals surface area contributed by atoms with E-state index in [0.717, 1.165) is 44.0 Å². The van der Waals surface area contributed by atoms with Crippen molar-refractivity contribution in [1.29, 1.82) is 0 Å². The number of hydrogen-bond donors (Lipinski definition) is 3. The van der Waals surface area contributed by atoms with Crippen molar-refractivity contribution in [3.8, 4) is 5.75 Å². The van der Waals surface area contributed by atoms with Crippen LogP contribution >= 0.6 is 0 Å². The zero-order valence-corrected chi connectivity index (χ0v) is 17.3. The number of aliphatic hydroxyl groups is 1. The molecule has 2 aliphatic heterocycles. The second kappa shape index (κ2) is 8.03. The van der Waals surface area contributed by atoms with Crippen LogP contribution in [0.3, 0.4) is 0 Å². The average Bonchev–Trinajstić information content (AvgIpc) is 3.14. The topological polar surface area (TPSA) is 94.0 Å². The number of oxazole rings is 1. The molecule has 0 saturated carbocycles. The van der Waals surface area contributed by atoms with Crippen molar-refractivity contribution >= 4 is 22.5 Å². The molecule has 8 nitrogen and oxygen atoms in total. The maximum Gasteiger partial charge on any atom is 0.417 e. The van der Waals surface area contributed by atoms with Crippen molar-refractivity contribution in [1.82, 2.24) is 9.88 Å². The first-order chi connectivity index (χ1) is 15.0. The molecule has 8 heteroatoms. The first-order valence-electron chi connectivity index (χ1n) is 10.6. The Bertz CT molecular complexity index is 1170. The largest absolute Gasteiger partial charge is 0.493 e. The van der Waals surface area contributed by atoms with Crippen LogP contribution in [0.4, 0.5) is 11.4 Å². The fraction of sp³-hybridized carbons (Fsp3) is 0.348. The summed E-state index contributed by atoms with van der Waals surface area (Å²) in [4.78, 5) is 18.3. The second-order valence-corrected chi connectivity index (χ2v) is 8.06. The minimum absolute atomic E-state index is 0.416. The molecule has 3 heterocycles. The molecule has 2 aromatic carbocycles. The second-order valence-electron chi connectivity index (χ2n) is 8.06. The predicted octanol–water partition coefficient (Wildman–Crippen LogP) is 2.51. The summed E-state index contributed by atoms with van der Waals surface area (Å²) in [6.45, 7) is 7.79. The van der Waals surface area contributed by atoms with Crippen LogP contribution in [0.1, 0.15) is 12.0 Å². The highest BCUT2D eigenvalue weighted by Crippen LogP contribution is 2.30. The highest BCUT2D eigenvalue weighted by Gasteiger charge is 2.23. The molecule has 1 aromatic heterocycles. The van der Waals surface area contributed by atoms with E-state index >= 15 is 0 Å². The van der Waals surface area contributed by atoms with Gasteiger partial charge < -0.3 is 29.4 Å². The number of fused-ring (bicyclic) bond motifs is 2. The average molecular weight is 422 g/mol. The number of H-pyrrole nitrogens is 1. The molecular formula is C23H26N4O4. The fourth-order valence-corrected chi connectivity index (χ4v) is 4.27. The van der Waals surface area contributed by atoms with E-state index < -0.39 is 12.0 Å². The number of nitrogens with zero attached hydrogens (tertiary/aromatic N) is 2. The third-order valence-corrected chi connectivity index (χ3v) is 5.87. The molecule has 1 atom stereocenters. The van der Waals surface area contributed by atoms with Crippen molar-refractivity contribution < 1.29 is 14.3 Å². The minimum Gasteiger partial charge on any atom is -0.493 e.